The summed E-state index contributed by atoms with van der Waals surface area (Å²) >= 11 is 0. The number of esters is 1. The van der Waals surface area contributed by atoms with Crippen LogP contribution in [0.25, 0.3) is 0 Å². The molecule has 6 nitrogen and oxygen atoms in total. The normalized spacial score (nSPS) is 17.3. The van der Waals surface area contributed by atoms with Crippen LogP contribution in [0.5, 0.6) is 0 Å². The molecule has 38 heavy (non-hydrogen) atoms. The lowest BCUT2D eigenvalue weighted by Crippen LogP contribution is -2.47. The predicted octanol–water partition coefficient (Wildman–Crippen LogP) is 5.96. The fraction of sp³-hybridized carbons (Fsp3) is 0.481. The van der Waals surface area contributed by atoms with Crippen molar-refractivity contribution >= 4 is 12.1 Å². The van der Waals surface area contributed by atoms with Crippen molar-refractivity contribution in [3.05, 3.63) is 70.8 Å². The Hall–Kier alpha value is -3.21. The minimum absolute atomic E-state index is 0.00476. The summed E-state index contributed by atoms with van der Waals surface area (Å²) in [6, 6.07) is 8.90. The molecule has 1 saturated heterocycles. The van der Waals surface area contributed by atoms with Crippen LogP contribution >= 0.6 is 0 Å². The summed E-state index contributed by atoms with van der Waals surface area (Å²) in [5.41, 5.74) is -0.957. The summed E-state index contributed by atoms with van der Waals surface area (Å²) in [5, 5.41) is 10.2. The topological polar surface area (TPSA) is 76.1 Å². The molecule has 0 aliphatic carbocycles. The highest BCUT2D eigenvalue weighted by Gasteiger charge is 2.42. The van der Waals surface area contributed by atoms with Crippen molar-refractivity contribution in [2.24, 2.45) is 0 Å². The lowest BCUT2D eigenvalue weighted by molar-refractivity contribution is -0.139. The number of hydrogen-bond donors (Lipinski definition) is 1. The van der Waals surface area contributed by atoms with Gasteiger partial charge in [-0.05, 0) is 62.9 Å². The van der Waals surface area contributed by atoms with Gasteiger partial charge in [-0.3, -0.25) is 0 Å². The number of alkyl halides is 5. The second kappa shape index (κ2) is 12.1. The van der Waals surface area contributed by atoms with Crippen LogP contribution in [0.4, 0.5) is 26.7 Å². The standard InChI is InChI=1S/C27H30F5NO5/c1-17(2)38-24(35)19-8-6-18(7-9-19)12-14-33-22(13-15-37-25(33)36)10-11-23(34)26(28,29)20-4-3-5-21(16-20)27(30,31)32/h3-9,16-17,22-23,34H,10-15H2,1-2H3/t22?,23-/m1/s1. The monoisotopic (exact) mass is 543 g/mol. The first-order valence-corrected chi connectivity index (χ1v) is 12.3. The molecule has 3 rings (SSSR count). The van der Waals surface area contributed by atoms with E-state index in [-0.39, 0.29) is 25.7 Å². The lowest BCUT2D eigenvalue weighted by Gasteiger charge is -2.36. The number of rotatable bonds is 10. The lowest BCUT2D eigenvalue weighted by atomic mass is 9.95. The number of aliphatic hydroxyl groups excluding tert-OH is 1. The molecule has 1 aliphatic rings. The molecule has 0 aromatic heterocycles. The number of carbonyl (C=O) groups is 2. The maximum Gasteiger partial charge on any atom is 0.416 e. The van der Waals surface area contributed by atoms with Gasteiger partial charge in [0.15, 0.2) is 0 Å². The SMILES string of the molecule is CC(C)OC(=O)c1ccc(CCN2C(=O)OCCC2CC[C@@H](O)C(F)(F)c2cccc(C(F)(F)F)c2)cc1. The largest absolute Gasteiger partial charge is 0.459 e. The number of amides is 1. The summed E-state index contributed by atoms with van der Waals surface area (Å²) in [6.45, 7) is 3.78. The predicted molar refractivity (Wildman–Crippen MR) is 128 cm³/mol. The Morgan fingerprint density at radius 3 is 2.39 bits per heavy atom. The fourth-order valence-corrected chi connectivity index (χ4v) is 4.21. The van der Waals surface area contributed by atoms with Crippen LogP contribution in [0.1, 0.15) is 60.2 Å². The molecular weight excluding hydrogens is 513 g/mol. The Bertz CT molecular complexity index is 1100. The van der Waals surface area contributed by atoms with Gasteiger partial charge in [0, 0.05) is 24.6 Å². The van der Waals surface area contributed by atoms with E-state index in [0.29, 0.717) is 30.5 Å². The maximum atomic E-state index is 14.8. The Morgan fingerprint density at radius 2 is 1.76 bits per heavy atom. The number of carbonyl (C=O) groups excluding carboxylic acids is 2. The molecule has 0 saturated carbocycles. The highest BCUT2D eigenvalue weighted by Crippen LogP contribution is 2.38. The van der Waals surface area contributed by atoms with Crippen molar-refractivity contribution < 1.29 is 46.1 Å². The Labute approximate surface area is 217 Å². The second-order valence-corrected chi connectivity index (χ2v) is 9.45. The van der Waals surface area contributed by atoms with Gasteiger partial charge in [-0.25, -0.2) is 9.59 Å². The van der Waals surface area contributed by atoms with Gasteiger partial charge in [0.1, 0.15) is 6.10 Å². The van der Waals surface area contributed by atoms with E-state index in [9.17, 15) is 36.6 Å². The smallest absolute Gasteiger partial charge is 0.416 e. The molecule has 11 heteroatoms. The van der Waals surface area contributed by atoms with Crippen LogP contribution in [-0.2, 0) is 28.0 Å². The second-order valence-electron chi connectivity index (χ2n) is 9.45. The van der Waals surface area contributed by atoms with Crippen LogP contribution in [0.3, 0.4) is 0 Å². The Kier molecular flexibility index (Phi) is 9.35. The van der Waals surface area contributed by atoms with E-state index < -0.39 is 53.9 Å². The van der Waals surface area contributed by atoms with E-state index in [0.717, 1.165) is 17.7 Å². The number of aliphatic hydroxyl groups is 1. The van der Waals surface area contributed by atoms with E-state index >= 15 is 0 Å². The molecule has 0 bridgehead atoms. The summed E-state index contributed by atoms with van der Waals surface area (Å²) in [7, 11) is 0. The molecule has 0 spiro atoms. The number of benzene rings is 2. The zero-order valence-corrected chi connectivity index (χ0v) is 21.0. The first-order valence-electron chi connectivity index (χ1n) is 12.3. The highest BCUT2D eigenvalue weighted by molar-refractivity contribution is 5.89. The molecule has 1 fully saturated rings. The van der Waals surface area contributed by atoms with Crippen molar-refractivity contribution in [1.29, 1.82) is 0 Å². The van der Waals surface area contributed by atoms with E-state index in [1.165, 1.54) is 4.90 Å². The van der Waals surface area contributed by atoms with Gasteiger partial charge in [-0.2, -0.15) is 22.0 Å². The Balaban J connectivity index is 1.61. The van der Waals surface area contributed by atoms with Gasteiger partial charge in [0.05, 0.1) is 23.8 Å². The molecule has 1 aliphatic heterocycles. The van der Waals surface area contributed by atoms with Crippen LogP contribution in [0, 0.1) is 0 Å². The molecule has 1 amide bonds. The Morgan fingerprint density at radius 1 is 1.11 bits per heavy atom. The summed E-state index contributed by atoms with van der Waals surface area (Å²) < 4.78 is 78.7. The van der Waals surface area contributed by atoms with Crippen molar-refractivity contribution in [2.75, 3.05) is 13.2 Å². The van der Waals surface area contributed by atoms with E-state index in [4.69, 9.17) is 9.47 Å². The van der Waals surface area contributed by atoms with Crippen LogP contribution in [0.2, 0.25) is 0 Å². The number of cyclic esters (lactones) is 1. The van der Waals surface area contributed by atoms with E-state index in [2.05, 4.69) is 0 Å². The number of ether oxygens (including phenoxy) is 2. The van der Waals surface area contributed by atoms with Gasteiger partial charge >= 0.3 is 18.2 Å². The first kappa shape index (κ1) is 29.3. The maximum absolute atomic E-state index is 14.8. The summed E-state index contributed by atoms with van der Waals surface area (Å²) in [4.78, 5) is 25.8. The summed E-state index contributed by atoms with van der Waals surface area (Å²) in [5.74, 6) is -4.37. The highest BCUT2D eigenvalue weighted by atomic mass is 19.4. The van der Waals surface area contributed by atoms with E-state index in [1.54, 1.807) is 38.1 Å². The van der Waals surface area contributed by atoms with Crippen LogP contribution in [-0.4, -0.2) is 53.5 Å². The van der Waals surface area contributed by atoms with Gasteiger partial charge < -0.3 is 19.5 Å². The average molecular weight is 544 g/mol. The van der Waals surface area contributed by atoms with Gasteiger partial charge in [-0.1, -0.05) is 24.3 Å². The molecule has 1 heterocycles. The van der Waals surface area contributed by atoms with Gasteiger partial charge in [-0.15, -0.1) is 0 Å². The van der Waals surface area contributed by atoms with Gasteiger partial charge in [0.2, 0.25) is 0 Å². The number of hydrogen-bond acceptors (Lipinski definition) is 5. The van der Waals surface area contributed by atoms with Crippen LogP contribution in [0.15, 0.2) is 48.5 Å². The van der Waals surface area contributed by atoms with Crippen molar-refractivity contribution in [3.8, 4) is 0 Å². The third-order valence-corrected chi connectivity index (χ3v) is 6.29. The fourth-order valence-electron chi connectivity index (χ4n) is 4.21. The summed E-state index contributed by atoms with van der Waals surface area (Å²) in [6.07, 6.45) is -7.59. The minimum Gasteiger partial charge on any atom is -0.459 e. The molecule has 1 unspecified atom stereocenters. The molecule has 2 aromatic rings. The average Bonchev–Trinajstić information content (AvgIpc) is 2.86. The van der Waals surface area contributed by atoms with E-state index in [1.807, 2.05) is 0 Å². The molecule has 1 N–H and O–H groups in total. The number of nitrogens with zero attached hydrogens (tertiary/aromatic N) is 1. The van der Waals surface area contributed by atoms with Gasteiger partial charge in [0.25, 0.3) is 5.92 Å². The molecule has 2 aromatic carbocycles. The quantitative estimate of drug-likeness (QED) is 0.296. The van der Waals surface area contributed by atoms with Crippen molar-refractivity contribution in [1.82, 2.24) is 4.90 Å². The van der Waals surface area contributed by atoms with Crippen molar-refractivity contribution in [3.63, 3.8) is 0 Å². The zero-order valence-electron chi connectivity index (χ0n) is 21.0. The third kappa shape index (κ3) is 7.43. The first-order chi connectivity index (χ1) is 17.8. The molecule has 208 valence electrons. The molecule has 2 atom stereocenters. The zero-order chi connectivity index (χ0) is 28.1. The van der Waals surface area contributed by atoms with Crippen LogP contribution < -0.4 is 0 Å². The molecule has 0 radical (unpaired) electrons. The number of halogens is 5. The third-order valence-electron chi connectivity index (χ3n) is 6.29. The minimum atomic E-state index is -4.79. The molecular formula is C27H30F5NO5. The van der Waals surface area contributed by atoms with Crippen molar-refractivity contribution in [2.45, 2.75) is 69.9 Å².